The van der Waals surface area contributed by atoms with Crippen molar-refractivity contribution in [1.29, 1.82) is 0 Å². The zero-order valence-electron chi connectivity index (χ0n) is 13.3. The molecule has 1 heterocycles. The minimum Gasteiger partial charge on any atom is -0.481 e. The number of allylic oxidation sites excluding steroid dienone is 1. The van der Waals surface area contributed by atoms with Crippen molar-refractivity contribution < 1.29 is 18.3 Å². The van der Waals surface area contributed by atoms with E-state index in [-0.39, 0.29) is 0 Å². The summed E-state index contributed by atoms with van der Waals surface area (Å²) in [6.45, 7) is 3.02. The van der Waals surface area contributed by atoms with E-state index < -0.39 is 27.1 Å². The highest BCUT2D eigenvalue weighted by molar-refractivity contribution is 7.94. The Hall–Kier alpha value is -1.66. The third-order valence-electron chi connectivity index (χ3n) is 5.04. The van der Waals surface area contributed by atoms with E-state index in [1.165, 1.54) is 6.26 Å². The summed E-state index contributed by atoms with van der Waals surface area (Å²) < 4.78 is 25.3. The fourth-order valence-electron chi connectivity index (χ4n) is 4.10. The molecule has 1 atom stereocenters. The molecule has 5 nitrogen and oxygen atoms in total. The average molecular weight is 335 g/mol. The number of nitrogens with one attached hydrogen (secondary N) is 1. The lowest BCUT2D eigenvalue weighted by Gasteiger charge is -2.37. The Kier molecular flexibility index (Phi) is 3.84. The number of carboxylic acid groups (broad SMARTS) is 1. The van der Waals surface area contributed by atoms with Gasteiger partial charge < -0.3 is 10.4 Å². The number of fused-ring (bicyclic) bond motifs is 2. The second kappa shape index (κ2) is 5.46. The zero-order valence-corrected chi connectivity index (χ0v) is 14.1. The van der Waals surface area contributed by atoms with Crippen LogP contribution in [0.3, 0.4) is 0 Å². The molecule has 0 bridgehead atoms. The maximum absolute atomic E-state index is 12.6. The Morgan fingerprint density at radius 2 is 1.87 bits per heavy atom. The first-order chi connectivity index (χ1) is 10.8. The summed E-state index contributed by atoms with van der Waals surface area (Å²) in [6, 6.07) is 7.55. The van der Waals surface area contributed by atoms with Crippen molar-refractivity contribution in [3.63, 3.8) is 0 Å². The summed E-state index contributed by atoms with van der Waals surface area (Å²) in [4.78, 5) is 11.9. The van der Waals surface area contributed by atoms with Gasteiger partial charge in [-0.25, -0.2) is 8.42 Å². The van der Waals surface area contributed by atoms with E-state index in [1.54, 1.807) is 6.92 Å². The van der Waals surface area contributed by atoms with Crippen LogP contribution in [0.25, 0.3) is 5.57 Å². The molecule has 23 heavy (non-hydrogen) atoms. The van der Waals surface area contributed by atoms with E-state index in [0.29, 0.717) is 23.3 Å². The molecule has 1 spiro atoms. The number of aliphatic carboxylic acids is 1. The van der Waals surface area contributed by atoms with Crippen LogP contribution in [0.1, 0.15) is 30.9 Å². The quantitative estimate of drug-likeness (QED) is 0.880. The number of benzene rings is 1. The first-order valence-corrected chi connectivity index (χ1v) is 9.66. The lowest BCUT2D eigenvalue weighted by Crippen LogP contribution is -2.41. The van der Waals surface area contributed by atoms with E-state index in [4.69, 9.17) is 0 Å². The Balaban J connectivity index is 2.37. The van der Waals surface area contributed by atoms with Gasteiger partial charge in [-0.15, -0.1) is 0 Å². The molecule has 3 rings (SSSR count). The van der Waals surface area contributed by atoms with Gasteiger partial charge in [-0.2, -0.15) is 0 Å². The standard InChI is InChI=1S/C17H21NO4S/c1-11(16(19)20)14-12-5-3-4-6-13(12)17(7-9-18-10-8-17)15(14)23(2,21)22/h3-6,11,18H,7-10H2,1-2H3,(H,19,20)/t11-/m1/s1. The van der Waals surface area contributed by atoms with E-state index in [9.17, 15) is 18.3 Å². The lowest BCUT2D eigenvalue weighted by atomic mass is 9.75. The van der Waals surface area contributed by atoms with Gasteiger partial charge in [-0.3, -0.25) is 4.79 Å². The lowest BCUT2D eigenvalue weighted by molar-refractivity contribution is -0.139. The Morgan fingerprint density at radius 3 is 2.43 bits per heavy atom. The van der Waals surface area contributed by atoms with Crippen molar-refractivity contribution in [1.82, 2.24) is 5.32 Å². The van der Waals surface area contributed by atoms with Crippen LogP contribution in [0.15, 0.2) is 29.2 Å². The Morgan fingerprint density at radius 1 is 1.26 bits per heavy atom. The van der Waals surface area contributed by atoms with Gasteiger partial charge in [0.05, 0.1) is 10.8 Å². The van der Waals surface area contributed by atoms with Gasteiger partial charge in [-0.1, -0.05) is 24.3 Å². The summed E-state index contributed by atoms with van der Waals surface area (Å²) in [5.74, 6) is -1.85. The molecule has 0 amide bonds. The fraction of sp³-hybridized carbons (Fsp3) is 0.471. The summed E-state index contributed by atoms with van der Waals surface area (Å²) in [7, 11) is -3.52. The smallest absolute Gasteiger partial charge is 0.310 e. The normalized spacial score (nSPS) is 21.3. The monoisotopic (exact) mass is 335 g/mol. The number of hydrogen-bond acceptors (Lipinski definition) is 4. The van der Waals surface area contributed by atoms with Gasteiger partial charge >= 0.3 is 5.97 Å². The first kappa shape index (κ1) is 16.2. The molecule has 6 heteroatoms. The van der Waals surface area contributed by atoms with Crippen LogP contribution in [0.5, 0.6) is 0 Å². The van der Waals surface area contributed by atoms with Crippen LogP contribution < -0.4 is 5.32 Å². The number of sulfone groups is 1. The summed E-state index contributed by atoms with van der Waals surface area (Å²) >= 11 is 0. The second-order valence-electron chi connectivity index (χ2n) is 6.45. The van der Waals surface area contributed by atoms with E-state index in [1.807, 2.05) is 24.3 Å². The van der Waals surface area contributed by atoms with Crippen molar-refractivity contribution in [2.75, 3.05) is 19.3 Å². The zero-order chi connectivity index (χ0) is 16.8. The number of hydrogen-bond donors (Lipinski definition) is 2. The minimum absolute atomic E-state index is 0.322. The highest BCUT2D eigenvalue weighted by Crippen LogP contribution is 2.54. The molecule has 2 aliphatic rings. The van der Waals surface area contributed by atoms with Crippen LogP contribution in [-0.2, 0) is 20.0 Å². The molecular weight excluding hydrogens is 314 g/mol. The molecule has 0 radical (unpaired) electrons. The maximum atomic E-state index is 12.6. The highest BCUT2D eigenvalue weighted by atomic mass is 32.2. The predicted octanol–water partition coefficient (Wildman–Crippen LogP) is 1.80. The second-order valence-corrected chi connectivity index (χ2v) is 8.41. The number of carboxylic acids is 1. The van der Waals surface area contributed by atoms with E-state index >= 15 is 0 Å². The third-order valence-corrected chi connectivity index (χ3v) is 6.40. The van der Waals surface area contributed by atoms with Crippen molar-refractivity contribution >= 4 is 21.4 Å². The summed E-state index contributed by atoms with van der Waals surface area (Å²) in [5.41, 5.74) is 1.63. The molecule has 1 fully saturated rings. The Bertz CT molecular complexity index is 789. The summed E-state index contributed by atoms with van der Waals surface area (Å²) in [6.07, 6.45) is 2.54. The molecule has 124 valence electrons. The largest absolute Gasteiger partial charge is 0.481 e. The van der Waals surface area contributed by atoms with Gasteiger partial charge in [-0.05, 0) is 49.6 Å². The average Bonchev–Trinajstić information content (AvgIpc) is 2.78. The maximum Gasteiger partial charge on any atom is 0.310 e. The van der Waals surface area contributed by atoms with Crippen LogP contribution in [0.4, 0.5) is 0 Å². The number of rotatable bonds is 3. The van der Waals surface area contributed by atoms with Gasteiger partial charge in [0.1, 0.15) is 0 Å². The molecule has 0 aromatic heterocycles. The fourth-order valence-corrected chi connectivity index (χ4v) is 5.81. The topological polar surface area (TPSA) is 83.5 Å². The van der Waals surface area contributed by atoms with E-state index in [2.05, 4.69) is 5.32 Å². The molecule has 1 aromatic rings. The van der Waals surface area contributed by atoms with Crippen LogP contribution in [-0.4, -0.2) is 38.8 Å². The van der Waals surface area contributed by atoms with Crippen LogP contribution in [0, 0.1) is 5.92 Å². The molecule has 1 aromatic carbocycles. The number of piperidine rings is 1. The van der Waals surface area contributed by atoms with Gasteiger partial charge in [0.25, 0.3) is 0 Å². The summed E-state index contributed by atoms with van der Waals surface area (Å²) in [5, 5.41) is 12.8. The van der Waals surface area contributed by atoms with Gasteiger partial charge in [0.15, 0.2) is 9.84 Å². The predicted molar refractivity (Wildman–Crippen MR) is 88.8 cm³/mol. The number of carbonyl (C=O) groups is 1. The molecule has 1 aliphatic carbocycles. The molecule has 1 aliphatic heterocycles. The molecule has 1 saturated heterocycles. The molecular formula is C17H21NO4S. The highest BCUT2D eigenvalue weighted by Gasteiger charge is 2.50. The van der Waals surface area contributed by atoms with Gasteiger partial charge in [0, 0.05) is 11.7 Å². The van der Waals surface area contributed by atoms with Crippen LogP contribution in [0.2, 0.25) is 0 Å². The third kappa shape index (κ3) is 2.40. The molecule has 0 unspecified atom stereocenters. The van der Waals surface area contributed by atoms with Crippen molar-refractivity contribution in [3.8, 4) is 0 Å². The molecule has 0 saturated carbocycles. The van der Waals surface area contributed by atoms with Crippen molar-refractivity contribution in [3.05, 3.63) is 40.3 Å². The van der Waals surface area contributed by atoms with Crippen LogP contribution >= 0.6 is 0 Å². The first-order valence-electron chi connectivity index (χ1n) is 7.77. The minimum atomic E-state index is -3.52. The van der Waals surface area contributed by atoms with E-state index in [0.717, 1.165) is 24.2 Å². The molecule has 2 N–H and O–H groups in total. The van der Waals surface area contributed by atoms with Crippen molar-refractivity contribution in [2.24, 2.45) is 5.92 Å². The van der Waals surface area contributed by atoms with Gasteiger partial charge in [0.2, 0.25) is 0 Å². The van der Waals surface area contributed by atoms with Crippen molar-refractivity contribution in [2.45, 2.75) is 25.2 Å². The Labute approximate surface area is 136 Å². The SMILES string of the molecule is C[C@@H](C(=O)O)C1=C(S(C)(=O)=O)C2(CCNCC2)c2ccccc21.